The lowest BCUT2D eigenvalue weighted by atomic mass is 10.1. The van der Waals surface area contributed by atoms with Crippen molar-refractivity contribution >= 4 is 0 Å². The average Bonchev–Trinajstić information content (AvgIpc) is 2.29. The van der Waals surface area contributed by atoms with Crippen LogP contribution in [-0.2, 0) is 13.1 Å². The van der Waals surface area contributed by atoms with Crippen molar-refractivity contribution in [2.75, 3.05) is 0 Å². The van der Waals surface area contributed by atoms with Crippen LogP contribution < -0.4 is 0 Å². The van der Waals surface area contributed by atoms with E-state index in [0.717, 1.165) is 11.1 Å². The van der Waals surface area contributed by atoms with Crippen molar-refractivity contribution < 1.29 is 10.4 Å². The molecule has 1 aromatic rings. The molecule has 1 aromatic carbocycles. The molecule has 0 unspecified atom stereocenters. The molecular formula is C16H28N2O2. The number of hydrogen-bond donors (Lipinski definition) is 2. The van der Waals surface area contributed by atoms with Crippen molar-refractivity contribution in [2.45, 2.75) is 65.7 Å². The van der Waals surface area contributed by atoms with E-state index in [0.29, 0.717) is 13.1 Å². The van der Waals surface area contributed by atoms with Crippen molar-refractivity contribution in [1.29, 1.82) is 0 Å². The van der Waals surface area contributed by atoms with Crippen LogP contribution in [0.15, 0.2) is 24.3 Å². The Balaban J connectivity index is 2.66. The lowest BCUT2D eigenvalue weighted by Crippen LogP contribution is -2.38. The maximum atomic E-state index is 9.95. The Kier molecular flexibility index (Phi) is 5.33. The summed E-state index contributed by atoms with van der Waals surface area (Å²) in [6.07, 6.45) is 0. The highest BCUT2D eigenvalue weighted by Crippen LogP contribution is 2.17. The molecule has 0 heterocycles. The Morgan fingerprint density at radius 2 is 0.950 bits per heavy atom. The number of rotatable bonds is 4. The quantitative estimate of drug-likeness (QED) is 0.826. The van der Waals surface area contributed by atoms with Crippen LogP contribution in [0.3, 0.4) is 0 Å². The summed E-state index contributed by atoms with van der Waals surface area (Å²) in [7, 11) is 0. The van der Waals surface area contributed by atoms with Gasteiger partial charge < -0.3 is 10.4 Å². The molecule has 4 heteroatoms. The minimum absolute atomic E-state index is 0.271. The normalized spacial score (nSPS) is 13.3. The van der Waals surface area contributed by atoms with Crippen LogP contribution in [0.1, 0.15) is 52.7 Å². The summed E-state index contributed by atoms with van der Waals surface area (Å²) in [5.41, 5.74) is 1.55. The van der Waals surface area contributed by atoms with Crippen molar-refractivity contribution in [3.63, 3.8) is 0 Å². The van der Waals surface area contributed by atoms with E-state index in [2.05, 4.69) is 0 Å². The van der Waals surface area contributed by atoms with Gasteiger partial charge in [0.05, 0.1) is 0 Å². The van der Waals surface area contributed by atoms with E-state index in [4.69, 9.17) is 0 Å². The van der Waals surface area contributed by atoms with Crippen molar-refractivity contribution in [2.24, 2.45) is 0 Å². The van der Waals surface area contributed by atoms with Gasteiger partial charge in [0.2, 0.25) is 0 Å². The van der Waals surface area contributed by atoms with Crippen LogP contribution in [0.4, 0.5) is 0 Å². The molecule has 0 aliphatic rings. The van der Waals surface area contributed by atoms with Gasteiger partial charge in [-0.2, -0.15) is 10.1 Å². The Labute approximate surface area is 122 Å². The minimum Gasteiger partial charge on any atom is -0.313 e. The van der Waals surface area contributed by atoms with Gasteiger partial charge in [-0.1, -0.05) is 24.3 Å². The van der Waals surface area contributed by atoms with Crippen LogP contribution in [0.2, 0.25) is 0 Å². The Morgan fingerprint density at radius 3 is 1.15 bits per heavy atom. The predicted molar refractivity (Wildman–Crippen MR) is 80.6 cm³/mol. The summed E-state index contributed by atoms with van der Waals surface area (Å²) < 4.78 is 0. The Bertz CT molecular complexity index is 375. The van der Waals surface area contributed by atoms with Crippen LogP contribution in [0.25, 0.3) is 0 Å². The van der Waals surface area contributed by atoms with Gasteiger partial charge in [-0.3, -0.25) is 0 Å². The molecule has 0 aromatic heterocycles. The minimum atomic E-state index is -0.271. The van der Waals surface area contributed by atoms with E-state index in [1.165, 1.54) is 10.1 Å². The van der Waals surface area contributed by atoms with Gasteiger partial charge in [0, 0.05) is 24.2 Å². The Hall–Kier alpha value is -0.940. The van der Waals surface area contributed by atoms with Crippen LogP contribution in [0.5, 0.6) is 0 Å². The third-order valence-electron chi connectivity index (χ3n) is 3.24. The third-order valence-corrected chi connectivity index (χ3v) is 3.24. The second-order valence-electron chi connectivity index (χ2n) is 7.27. The molecule has 0 amide bonds. The molecule has 0 saturated carbocycles. The second kappa shape index (κ2) is 6.22. The first-order valence-corrected chi connectivity index (χ1v) is 7.01. The summed E-state index contributed by atoms with van der Waals surface area (Å²) in [5, 5.41) is 22.5. The van der Waals surface area contributed by atoms with E-state index < -0.39 is 0 Å². The maximum Gasteiger partial charge on any atom is 0.0494 e. The number of hydroxylamine groups is 4. The summed E-state index contributed by atoms with van der Waals surface area (Å²) in [6.45, 7) is 12.8. The zero-order chi connectivity index (χ0) is 15.6. The monoisotopic (exact) mass is 280 g/mol. The fourth-order valence-corrected chi connectivity index (χ4v) is 1.57. The topological polar surface area (TPSA) is 46.9 Å². The first kappa shape index (κ1) is 17.1. The molecule has 1 rings (SSSR count). The van der Waals surface area contributed by atoms with Crippen molar-refractivity contribution in [3.8, 4) is 0 Å². The summed E-state index contributed by atoms with van der Waals surface area (Å²) in [4.78, 5) is 0. The van der Waals surface area contributed by atoms with Gasteiger partial charge in [-0.25, -0.2) is 0 Å². The van der Waals surface area contributed by atoms with Gasteiger partial charge in [0.15, 0.2) is 0 Å². The van der Waals surface area contributed by atoms with E-state index in [9.17, 15) is 10.4 Å². The molecule has 2 N–H and O–H groups in total. The van der Waals surface area contributed by atoms with Gasteiger partial charge >= 0.3 is 0 Å². The average molecular weight is 280 g/mol. The number of hydrogen-bond acceptors (Lipinski definition) is 4. The first-order valence-electron chi connectivity index (χ1n) is 7.01. The maximum absolute atomic E-state index is 9.95. The Morgan fingerprint density at radius 1 is 0.700 bits per heavy atom. The lowest BCUT2D eigenvalue weighted by molar-refractivity contribution is -0.164. The van der Waals surface area contributed by atoms with E-state index >= 15 is 0 Å². The summed E-state index contributed by atoms with van der Waals surface area (Å²) in [6, 6.07) is 7.95. The van der Waals surface area contributed by atoms with Crippen LogP contribution >= 0.6 is 0 Å². The molecule has 0 spiro atoms. The van der Waals surface area contributed by atoms with Gasteiger partial charge in [-0.15, -0.1) is 0 Å². The summed E-state index contributed by atoms with van der Waals surface area (Å²) in [5.74, 6) is 0. The highest BCUT2D eigenvalue weighted by molar-refractivity contribution is 5.22. The molecule has 0 bridgehead atoms. The molecule has 0 fully saturated rings. The molecule has 0 saturated heterocycles. The molecule has 0 atom stereocenters. The van der Waals surface area contributed by atoms with E-state index in [1.807, 2.05) is 65.8 Å². The zero-order valence-electron chi connectivity index (χ0n) is 13.5. The predicted octanol–water partition coefficient (Wildman–Crippen LogP) is 3.67. The smallest absolute Gasteiger partial charge is 0.0494 e. The SMILES string of the molecule is CC(C)(C)N(O)Cc1ccc(CN(O)C(C)(C)C)cc1. The fourth-order valence-electron chi connectivity index (χ4n) is 1.57. The fraction of sp³-hybridized carbons (Fsp3) is 0.625. The number of nitrogens with zero attached hydrogens (tertiary/aromatic N) is 2. The molecule has 4 nitrogen and oxygen atoms in total. The molecule has 0 aliphatic carbocycles. The first-order chi connectivity index (χ1) is 9.00. The second-order valence-corrected chi connectivity index (χ2v) is 7.27. The van der Waals surface area contributed by atoms with Gasteiger partial charge in [-0.05, 0) is 52.7 Å². The molecule has 114 valence electrons. The summed E-state index contributed by atoms with van der Waals surface area (Å²) >= 11 is 0. The standard InChI is InChI=1S/C16H28N2O2/c1-15(2,3)17(19)11-13-7-9-14(10-8-13)12-18(20)16(4,5)6/h7-10,19-20H,11-12H2,1-6H3. The number of benzene rings is 1. The molecule has 20 heavy (non-hydrogen) atoms. The lowest BCUT2D eigenvalue weighted by Gasteiger charge is -2.30. The highest BCUT2D eigenvalue weighted by atomic mass is 16.5. The van der Waals surface area contributed by atoms with Crippen molar-refractivity contribution in [3.05, 3.63) is 35.4 Å². The zero-order valence-corrected chi connectivity index (χ0v) is 13.5. The van der Waals surface area contributed by atoms with Crippen molar-refractivity contribution in [1.82, 2.24) is 10.1 Å². The largest absolute Gasteiger partial charge is 0.313 e. The van der Waals surface area contributed by atoms with Gasteiger partial charge in [0.25, 0.3) is 0 Å². The molecule has 0 radical (unpaired) electrons. The van der Waals surface area contributed by atoms with E-state index in [1.54, 1.807) is 0 Å². The van der Waals surface area contributed by atoms with Crippen LogP contribution in [0, 0.1) is 0 Å². The third kappa shape index (κ3) is 5.21. The van der Waals surface area contributed by atoms with E-state index in [-0.39, 0.29) is 11.1 Å². The molecule has 0 aliphatic heterocycles. The highest BCUT2D eigenvalue weighted by Gasteiger charge is 2.20. The van der Waals surface area contributed by atoms with Gasteiger partial charge in [0.1, 0.15) is 0 Å². The van der Waals surface area contributed by atoms with Crippen LogP contribution in [-0.4, -0.2) is 31.6 Å². The molecular weight excluding hydrogens is 252 g/mol.